The van der Waals surface area contributed by atoms with Gasteiger partial charge in [0.25, 0.3) is 0 Å². The second kappa shape index (κ2) is 8.63. The third kappa shape index (κ3) is 4.28. The van der Waals surface area contributed by atoms with Crippen LogP contribution in [0, 0.1) is 11.3 Å². The van der Waals surface area contributed by atoms with Gasteiger partial charge in [0.1, 0.15) is 17.5 Å². The maximum atomic E-state index is 12.0. The van der Waals surface area contributed by atoms with Gasteiger partial charge < -0.3 is 14.8 Å². The topological polar surface area (TPSA) is 178 Å². The maximum Gasteiger partial charge on any atom is 0.314 e. The predicted molar refractivity (Wildman–Crippen MR) is 108 cm³/mol. The zero-order valence-corrected chi connectivity index (χ0v) is 17.7. The fourth-order valence-electron chi connectivity index (χ4n) is 3.28. The highest BCUT2D eigenvalue weighted by atomic mass is 32.2. The molecule has 0 unspecified atom stereocenters. The van der Waals surface area contributed by atoms with Crippen molar-refractivity contribution in [3.8, 4) is 17.3 Å². The summed E-state index contributed by atoms with van der Waals surface area (Å²) < 4.78 is 35.9. The minimum absolute atomic E-state index is 0.0480. The molecule has 3 aromatic heterocycles. The lowest BCUT2D eigenvalue weighted by Gasteiger charge is -2.47. The molecular formula is C16H20N7O5PS. The highest BCUT2D eigenvalue weighted by Crippen LogP contribution is 2.35. The van der Waals surface area contributed by atoms with Crippen molar-refractivity contribution in [1.29, 1.82) is 5.26 Å². The lowest BCUT2D eigenvalue weighted by Crippen LogP contribution is -2.64. The van der Waals surface area contributed by atoms with E-state index in [4.69, 9.17) is 14.4 Å². The van der Waals surface area contributed by atoms with Crippen LogP contribution in [0.15, 0.2) is 31.0 Å². The monoisotopic (exact) mass is 453 g/mol. The molecule has 1 aliphatic heterocycles. The van der Waals surface area contributed by atoms with Gasteiger partial charge in [0.15, 0.2) is 0 Å². The van der Waals surface area contributed by atoms with E-state index in [0.717, 1.165) is 22.3 Å². The normalized spacial score (nSPS) is 16.0. The van der Waals surface area contributed by atoms with Crippen LogP contribution in [0.2, 0.25) is 0 Å². The summed E-state index contributed by atoms with van der Waals surface area (Å²) in [6, 6.07) is 4.06. The summed E-state index contributed by atoms with van der Waals surface area (Å²) in [4.78, 5) is 25.9. The first kappa shape index (κ1) is 22.1. The predicted octanol–water partition coefficient (Wildman–Crippen LogP) is 0.456. The summed E-state index contributed by atoms with van der Waals surface area (Å²) in [6.45, 7) is 2.12. The summed E-state index contributed by atoms with van der Waals surface area (Å²) in [5.41, 5.74) is 1.64. The Morgan fingerprint density at radius 2 is 2.07 bits per heavy atom. The molecule has 3 N–H and O–H groups in total. The van der Waals surface area contributed by atoms with Crippen molar-refractivity contribution in [2.75, 3.05) is 18.8 Å². The first-order valence-electron chi connectivity index (χ1n) is 8.82. The Bertz CT molecular complexity index is 1210. The van der Waals surface area contributed by atoms with Crippen LogP contribution in [0.1, 0.15) is 13.3 Å². The number of aromatic amines is 1. The average molecular weight is 453 g/mol. The molecule has 1 saturated heterocycles. The molecule has 1 fully saturated rings. The van der Waals surface area contributed by atoms with Gasteiger partial charge in [0, 0.05) is 36.4 Å². The van der Waals surface area contributed by atoms with E-state index in [1.54, 1.807) is 24.0 Å². The molecule has 12 nitrogen and oxygen atoms in total. The van der Waals surface area contributed by atoms with Crippen LogP contribution >= 0.6 is 8.25 Å². The van der Waals surface area contributed by atoms with Crippen molar-refractivity contribution >= 4 is 29.3 Å². The molecule has 0 aromatic carbocycles. The van der Waals surface area contributed by atoms with E-state index in [2.05, 4.69) is 26.1 Å². The molecule has 0 amide bonds. The van der Waals surface area contributed by atoms with Gasteiger partial charge >= 0.3 is 8.25 Å². The molecule has 0 spiro atoms. The highest BCUT2D eigenvalue weighted by Gasteiger charge is 2.49. The molecule has 160 valence electrons. The Morgan fingerprint density at radius 1 is 1.37 bits per heavy atom. The van der Waals surface area contributed by atoms with Crippen molar-refractivity contribution < 1.29 is 22.8 Å². The number of nitriles is 1. The van der Waals surface area contributed by atoms with Crippen molar-refractivity contribution in [3.05, 3.63) is 31.0 Å². The molecule has 4 rings (SSSR count). The van der Waals surface area contributed by atoms with Gasteiger partial charge in [-0.25, -0.2) is 18.4 Å². The third-order valence-electron chi connectivity index (χ3n) is 4.80. The smallest absolute Gasteiger partial charge is 0.314 e. The molecule has 14 heteroatoms. The minimum atomic E-state index is -3.27. The number of hydrogen-bond donors (Lipinski definition) is 3. The average Bonchev–Trinajstić information content (AvgIpc) is 3.33. The molecule has 30 heavy (non-hydrogen) atoms. The van der Waals surface area contributed by atoms with Crippen LogP contribution in [0.4, 0.5) is 0 Å². The number of fused-ring (bicyclic) bond motifs is 1. The van der Waals surface area contributed by atoms with Crippen LogP contribution in [0.5, 0.6) is 0 Å². The van der Waals surface area contributed by atoms with E-state index in [1.165, 1.54) is 10.6 Å². The van der Waals surface area contributed by atoms with Gasteiger partial charge in [0.2, 0.25) is 10.0 Å². The van der Waals surface area contributed by atoms with Crippen molar-refractivity contribution in [2.45, 2.75) is 18.9 Å². The van der Waals surface area contributed by atoms with Crippen LogP contribution in [-0.2, 0) is 20.1 Å². The zero-order valence-electron chi connectivity index (χ0n) is 15.9. The van der Waals surface area contributed by atoms with Crippen LogP contribution in [0.3, 0.4) is 0 Å². The van der Waals surface area contributed by atoms with Gasteiger partial charge in [0.05, 0.1) is 30.1 Å². The first-order valence-corrected chi connectivity index (χ1v) is 11.7. The zero-order chi connectivity index (χ0) is 21.9. The van der Waals surface area contributed by atoms with Gasteiger partial charge in [-0.2, -0.15) is 14.7 Å². The van der Waals surface area contributed by atoms with E-state index in [-0.39, 0.29) is 25.3 Å². The molecule has 0 aliphatic carbocycles. The molecular weight excluding hydrogens is 433 g/mol. The van der Waals surface area contributed by atoms with E-state index >= 15 is 0 Å². The Balaban J connectivity index is 0.000000589. The number of H-pyrrole nitrogens is 1. The molecule has 0 radical (unpaired) electrons. The van der Waals surface area contributed by atoms with E-state index in [9.17, 15) is 13.7 Å². The lowest BCUT2D eigenvalue weighted by atomic mass is 9.89. The molecule has 0 bridgehead atoms. The lowest BCUT2D eigenvalue weighted by molar-refractivity contribution is 0.0719. The van der Waals surface area contributed by atoms with Crippen LogP contribution in [0.25, 0.3) is 22.3 Å². The maximum absolute atomic E-state index is 12.0. The van der Waals surface area contributed by atoms with Crippen molar-refractivity contribution in [3.63, 3.8) is 0 Å². The fourth-order valence-corrected chi connectivity index (χ4v) is 4.52. The summed E-state index contributed by atoms with van der Waals surface area (Å²) >= 11 is 0. The molecule has 4 heterocycles. The van der Waals surface area contributed by atoms with E-state index in [0.29, 0.717) is 0 Å². The molecule has 0 saturated carbocycles. The Morgan fingerprint density at radius 3 is 2.70 bits per heavy atom. The number of nitrogens with zero attached hydrogens (tertiary/aromatic N) is 6. The van der Waals surface area contributed by atoms with E-state index in [1.807, 2.05) is 12.3 Å². The SMILES string of the molecule is CCS(=O)(=O)N1CC(CC#N)(n2cc(-c3ncnc4[nH]ccc34)cn2)C1.O=[PH](O)O. The van der Waals surface area contributed by atoms with Gasteiger partial charge in [-0.3, -0.25) is 9.25 Å². The van der Waals surface area contributed by atoms with Gasteiger partial charge in [-0.1, -0.05) is 0 Å². The Kier molecular flexibility index (Phi) is 6.35. The summed E-state index contributed by atoms with van der Waals surface area (Å²) in [5.74, 6) is 0.0480. The standard InChI is InChI=1S/C16H17N7O2S.H3O3P/c1-2-26(24,25)22-9-16(10-22,4-5-17)23-8-12(7-21-23)14-13-3-6-18-15(13)20-11-19-14;1-4(2)3/h3,6-8,11H,2,4,9-10H2,1H3,(H,18,19,20);4H,(H2,1,2,3). The fraction of sp³-hybridized carbons (Fsp3) is 0.375. The van der Waals surface area contributed by atoms with Gasteiger partial charge in [-0.15, -0.1) is 0 Å². The quantitative estimate of drug-likeness (QED) is 0.463. The van der Waals surface area contributed by atoms with Crippen molar-refractivity contribution in [1.82, 2.24) is 29.0 Å². The van der Waals surface area contributed by atoms with Gasteiger partial charge in [-0.05, 0) is 13.0 Å². The van der Waals surface area contributed by atoms with Crippen LogP contribution in [-0.4, -0.2) is 66.1 Å². The second-order valence-corrected chi connectivity index (χ2v) is 9.47. The van der Waals surface area contributed by atoms with Crippen LogP contribution < -0.4 is 0 Å². The molecule has 1 aliphatic rings. The minimum Gasteiger partial charge on any atom is -0.346 e. The third-order valence-corrected chi connectivity index (χ3v) is 6.58. The molecule has 3 aromatic rings. The molecule has 0 atom stereocenters. The largest absolute Gasteiger partial charge is 0.346 e. The number of rotatable bonds is 5. The summed E-state index contributed by atoms with van der Waals surface area (Å²) in [7, 11) is -6.40. The summed E-state index contributed by atoms with van der Waals surface area (Å²) in [5, 5.41) is 14.5. The van der Waals surface area contributed by atoms with E-state index < -0.39 is 23.8 Å². The Hall–Kier alpha value is -2.62. The highest BCUT2D eigenvalue weighted by molar-refractivity contribution is 7.89. The first-order chi connectivity index (χ1) is 14.2. The number of sulfonamides is 1. The Labute approximate surface area is 172 Å². The second-order valence-electron chi connectivity index (χ2n) is 6.65. The number of aromatic nitrogens is 5. The summed E-state index contributed by atoms with van der Waals surface area (Å²) in [6.07, 6.45) is 6.97. The number of hydrogen-bond acceptors (Lipinski definition) is 7. The van der Waals surface area contributed by atoms with Crippen molar-refractivity contribution in [2.24, 2.45) is 0 Å². The number of nitrogens with one attached hydrogen (secondary N) is 1.